The van der Waals surface area contributed by atoms with Crippen molar-refractivity contribution in [3.05, 3.63) is 83.4 Å². The van der Waals surface area contributed by atoms with Gasteiger partial charge in [0.2, 0.25) is 0 Å². The van der Waals surface area contributed by atoms with Gasteiger partial charge >= 0.3 is 5.97 Å². The number of aliphatic carboxylic acids is 1. The van der Waals surface area contributed by atoms with Crippen LogP contribution in [0.4, 0.5) is 0 Å². The van der Waals surface area contributed by atoms with Crippen LogP contribution in [0.2, 0.25) is 0 Å². The van der Waals surface area contributed by atoms with E-state index < -0.39 is 11.4 Å². The maximum absolute atomic E-state index is 13.4. The van der Waals surface area contributed by atoms with Gasteiger partial charge in [-0.15, -0.1) is 0 Å². The summed E-state index contributed by atoms with van der Waals surface area (Å²) in [6, 6.07) is 20.9. The monoisotopic (exact) mass is 652 g/mol. The third-order valence-electron chi connectivity index (χ3n) is 15.7. The van der Waals surface area contributed by atoms with E-state index >= 15 is 0 Å². The van der Waals surface area contributed by atoms with Crippen LogP contribution >= 0.6 is 0 Å². The number of allylic oxidation sites excluding steroid dienone is 2. The molecule has 4 nitrogen and oxygen atoms in total. The molecule has 5 aliphatic rings. The third kappa shape index (κ3) is 5.09. The highest BCUT2D eigenvalue weighted by atomic mass is 16.5. The second kappa shape index (κ2) is 11.8. The van der Waals surface area contributed by atoms with Crippen molar-refractivity contribution in [3.63, 3.8) is 0 Å². The van der Waals surface area contributed by atoms with Gasteiger partial charge in [0.25, 0.3) is 0 Å². The van der Waals surface area contributed by atoms with Crippen molar-refractivity contribution in [2.45, 2.75) is 132 Å². The second-order valence-electron chi connectivity index (χ2n) is 18.6. The van der Waals surface area contributed by atoms with Crippen LogP contribution in [-0.2, 0) is 27.5 Å². The van der Waals surface area contributed by atoms with Crippen LogP contribution in [0.15, 0.2) is 72.3 Å². The topological polar surface area (TPSA) is 55.8 Å². The molecule has 0 aliphatic heterocycles. The zero-order valence-electron chi connectivity index (χ0n) is 30.7. The zero-order valence-corrected chi connectivity index (χ0v) is 30.7. The highest BCUT2D eigenvalue weighted by molar-refractivity contribution is 5.76. The number of hydrogen-bond donors (Lipinski definition) is 1. The van der Waals surface area contributed by atoms with Gasteiger partial charge in [-0.3, -0.25) is 4.79 Å². The smallest absolute Gasteiger partial charge is 0.312 e. The molecule has 4 heteroatoms. The lowest BCUT2D eigenvalue weighted by molar-refractivity contribution is -0.228. The van der Waals surface area contributed by atoms with E-state index in [1.807, 2.05) is 25.1 Å². The number of benzene rings is 2. The summed E-state index contributed by atoms with van der Waals surface area (Å²) < 4.78 is 13.5. The first-order chi connectivity index (χ1) is 22.7. The van der Waals surface area contributed by atoms with Crippen LogP contribution in [0.5, 0.6) is 0 Å². The summed E-state index contributed by atoms with van der Waals surface area (Å²) in [5, 5.41) is 11.0. The standard InChI is InChI=1S/C44H60O4/c1-39(2)26-33-32-18-19-34-41(4)22-21-36(47-28-30-14-10-8-11-15-30)44(7,38(45)46)35(41)20-23-43(34,6)42(32,5)25-24-40(33,3)37(27-39)48-29-31-16-12-9-13-17-31/h8-18,33-37H,19-29H2,1-7H3,(H,45,46)/t33-,34-,35?,36+,37-,40-,41-,42-,43-,44+/m1/s1. The first kappa shape index (κ1) is 34.0. The molecule has 48 heavy (non-hydrogen) atoms. The minimum atomic E-state index is -0.907. The number of hydrogen-bond acceptors (Lipinski definition) is 3. The molecule has 2 aromatic carbocycles. The highest BCUT2D eigenvalue weighted by Crippen LogP contribution is 2.76. The lowest BCUT2D eigenvalue weighted by Gasteiger charge is -2.71. The molecule has 5 aliphatic carbocycles. The average Bonchev–Trinajstić information content (AvgIpc) is 3.05. The Morgan fingerprint density at radius 1 is 0.708 bits per heavy atom. The third-order valence-corrected chi connectivity index (χ3v) is 15.7. The molecule has 0 saturated heterocycles. The van der Waals surface area contributed by atoms with Crippen molar-refractivity contribution in [2.24, 2.45) is 50.2 Å². The average molecular weight is 653 g/mol. The van der Waals surface area contributed by atoms with Crippen molar-refractivity contribution < 1.29 is 19.4 Å². The van der Waals surface area contributed by atoms with Crippen molar-refractivity contribution in [1.82, 2.24) is 0 Å². The van der Waals surface area contributed by atoms with Crippen LogP contribution in [0, 0.1) is 50.2 Å². The minimum Gasteiger partial charge on any atom is -0.481 e. The van der Waals surface area contributed by atoms with E-state index in [1.54, 1.807) is 5.57 Å². The summed E-state index contributed by atoms with van der Waals surface area (Å²) >= 11 is 0. The second-order valence-corrected chi connectivity index (χ2v) is 18.6. The summed E-state index contributed by atoms with van der Waals surface area (Å²) in [6.07, 6.45) is 12.3. The summed E-state index contributed by atoms with van der Waals surface area (Å²) in [4.78, 5) is 13.4. The molecule has 260 valence electrons. The molecule has 1 unspecified atom stereocenters. The lowest BCUT2D eigenvalue weighted by Crippen LogP contribution is -2.66. The Morgan fingerprint density at radius 3 is 1.92 bits per heavy atom. The van der Waals surface area contributed by atoms with E-state index in [-0.39, 0.29) is 45.2 Å². The molecule has 2 aromatic rings. The Balaban J connectivity index is 1.19. The van der Waals surface area contributed by atoms with Crippen LogP contribution in [-0.4, -0.2) is 23.3 Å². The lowest BCUT2D eigenvalue weighted by atomic mass is 9.33. The van der Waals surface area contributed by atoms with Gasteiger partial charge in [-0.2, -0.15) is 0 Å². The summed E-state index contributed by atoms with van der Waals surface area (Å²) in [5.74, 6) is 0.373. The van der Waals surface area contributed by atoms with Crippen molar-refractivity contribution in [3.8, 4) is 0 Å². The van der Waals surface area contributed by atoms with E-state index in [0.29, 0.717) is 25.0 Å². The van der Waals surface area contributed by atoms with Gasteiger partial charge in [0.15, 0.2) is 0 Å². The number of carbonyl (C=O) groups is 1. The Morgan fingerprint density at radius 2 is 1.31 bits per heavy atom. The Bertz CT molecular complexity index is 1530. The van der Waals surface area contributed by atoms with Gasteiger partial charge in [0, 0.05) is 5.41 Å². The van der Waals surface area contributed by atoms with Gasteiger partial charge < -0.3 is 14.6 Å². The van der Waals surface area contributed by atoms with E-state index in [2.05, 4.69) is 90.1 Å². The molecular weight excluding hydrogens is 592 g/mol. The highest BCUT2D eigenvalue weighted by Gasteiger charge is 2.70. The molecule has 7 rings (SSSR count). The molecule has 10 atom stereocenters. The van der Waals surface area contributed by atoms with Gasteiger partial charge in [-0.1, -0.05) is 114 Å². The Hall–Kier alpha value is -2.43. The SMILES string of the molecule is CC1(C)C[C@@H]2C3=CC[C@@H]4[C@@]5(C)CC[C@H](OCc6ccccc6)[C@@](C)(C(=O)O)C5CC[C@@]4(C)[C@]3(C)CC[C@@]2(C)[C@H](OCc2ccccc2)C1. The number of carboxylic acids is 1. The largest absolute Gasteiger partial charge is 0.481 e. The summed E-state index contributed by atoms with van der Waals surface area (Å²) in [6.45, 7) is 18.3. The minimum absolute atomic E-state index is 0.0499. The first-order valence-electron chi connectivity index (χ1n) is 18.9. The fraction of sp³-hybridized carbons (Fsp3) is 0.659. The van der Waals surface area contributed by atoms with Crippen LogP contribution in [0.25, 0.3) is 0 Å². The van der Waals surface area contributed by atoms with Crippen LogP contribution in [0.3, 0.4) is 0 Å². The molecule has 0 spiro atoms. The maximum Gasteiger partial charge on any atom is 0.312 e. The molecule has 4 saturated carbocycles. The van der Waals surface area contributed by atoms with E-state index in [0.717, 1.165) is 44.1 Å². The van der Waals surface area contributed by atoms with E-state index in [9.17, 15) is 9.90 Å². The molecule has 1 N–H and O–H groups in total. The first-order valence-corrected chi connectivity index (χ1v) is 18.9. The predicted molar refractivity (Wildman–Crippen MR) is 192 cm³/mol. The Kier molecular flexibility index (Phi) is 8.39. The summed E-state index contributed by atoms with van der Waals surface area (Å²) in [5.41, 5.74) is 3.68. The van der Waals surface area contributed by atoms with Gasteiger partial charge in [0.05, 0.1) is 30.8 Å². The number of rotatable bonds is 7. The van der Waals surface area contributed by atoms with Crippen molar-refractivity contribution in [1.29, 1.82) is 0 Å². The molecule has 0 aromatic heterocycles. The molecule has 4 fully saturated rings. The van der Waals surface area contributed by atoms with Gasteiger partial charge in [0.1, 0.15) is 0 Å². The number of carboxylic acid groups (broad SMARTS) is 1. The van der Waals surface area contributed by atoms with Gasteiger partial charge in [-0.05, 0) is 115 Å². The molecule has 0 radical (unpaired) electrons. The quantitative estimate of drug-likeness (QED) is 0.303. The van der Waals surface area contributed by atoms with Gasteiger partial charge in [-0.25, -0.2) is 0 Å². The maximum atomic E-state index is 13.4. The van der Waals surface area contributed by atoms with E-state index in [1.165, 1.54) is 24.8 Å². The number of ether oxygens (including phenoxy) is 2. The normalized spacial score (nSPS) is 43.1. The molecule has 0 heterocycles. The molecule has 0 bridgehead atoms. The molecule has 0 amide bonds. The zero-order chi connectivity index (χ0) is 34.2. The summed E-state index contributed by atoms with van der Waals surface area (Å²) in [7, 11) is 0. The van der Waals surface area contributed by atoms with E-state index in [4.69, 9.17) is 9.47 Å². The van der Waals surface area contributed by atoms with Crippen molar-refractivity contribution in [2.75, 3.05) is 0 Å². The number of fused-ring (bicyclic) bond motifs is 7. The fourth-order valence-electron chi connectivity index (χ4n) is 12.6. The fourth-order valence-corrected chi connectivity index (χ4v) is 12.6. The molecular formula is C44H60O4. The Labute approximate surface area is 290 Å². The van der Waals surface area contributed by atoms with Crippen LogP contribution in [0.1, 0.15) is 117 Å². The van der Waals surface area contributed by atoms with Crippen LogP contribution < -0.4 is 0 Å². The van der Waals surface area contributed by atoms with Crippen molar-refractivity contribution >= 4 is 5.97 Å². The predicted octanol–water partition coefficient (Wildman–Crippen LogP) is 10.7.